The van der Waals surface area contributed by atoms with Gasteiger partial charge in [0.05, 0.1) is 15.9 Å². The molecule has 0 bridgehead atoms. The van der Waals surface area contributed by atoms with Gasteiger partial charge in [0.15, 0.2) is 9.84 Å². The second-order valence-electron chi connectivity index (χ2n) is 3.29. The summed E-state index contributed by atoms with van der Waals surface area (Å²) >= 11 is 0.659. The van der Waals surface area contributed by atoms with Crippen LogP contribution in [-0.2, 0) is 19.9 Å². The van der Waals surface area contributed by atoms with E-state index in [4.69, 9.17) is 5.14 Å². The molecule has 0 radical (unpaired) electrons. The number of rotatable bonds is 3. The van der Waals surface area contributed by atoms with E-state index >= 15 is 0 Å². The Kier molecular flexibility index (Phi) is 3.46. The van der Waals surface area contributed by atoms with Gasteiger partial charge in [-0.25, -0.2) is 22.0 Å². The largest absolute Gasteiger partial charge is 0.388 e. The molecule has 0 aliphatic heterocycles. The number of aliphatic hydroxyl groups is 1. The van der Waals surface area contributed by atoms with Crippen molar-refractivity contribution in [1.82, 2.24) is 0 Å². The van der Waals surface area contributed by atoms with Gasteiger partial charge in [-0.3, -0.25) is 0 Å². The molecule has 0 saturated heterocycles. The van der Waals surface area contributed by atoms with E-state index in [9.17, 15) is 21.9 Å². The van der Waals surface area contributed by atoms with E-state index in [1.165, 1.54) is 6.92 Å². The highest BCUT2D eigenvalue weighted by atomic mass is 32.2. The molecule has 1 atom stereocenters. The van der Waals surface area contributed by atoms with Crippen LogP contribution >= 0.6 is 11.3 Å². The molecule has 0 aromatic carbocycles. The summed E-state index contributed by atoms with van der Waals surface area (Å²) in [5, 5.41) is 14.2. The standard InChI is InChI=1S/C7H11NO5S3/c1-4(9)7-5(15(2,10)11)3-6(14-7)16(8,12)13/h3-4,9H,1-2H3,(H2,8,12,13). The quantitative estimate of drug-likeness (QED) is 0.801. The normalized spacial score (nSPS) is 15.0. The molecule has 0 fully saturated rings. The Morgan fingerprint density at radius 1 is 1.38 bits per heavy atom. The Labute approximate surface area is 97.7 Å². The summed E-state index contributed by atoms with van der Waals surface area (Å²) in [4.78, 5) is -0.122. The van der Waals surface area contributed by atoms with E-state index in [2.05, 4.69) is 0 Å². The van der Waals surface area contributed by atoms with Crippen LogP contribution in [0.3, 0.4) is 0 Å². The summed E-state index contributed by atoms with van der Waals surface area (Å²) < 4.78 is 44.6. The second-order valence-corrected chi connectivity index (χ2v) is 8.14. The van der Waals surface area contributed by atoms with Crippen molar-refractivity contribution in [3.05, 3.63) is 10.9 Å². The Morgan fingerprint density at radius 3 is 2.12 bits per heavy atom. The number of hydrogen-bond donors (Lipinski definition) is 2. The van der Waals surface area contributed by atoms with Crippen molar-refractivity contribution in [3.63, 3.8) is 0 Å². The van der Waals surface area contributed by atoms with E-state index in [0.29, 0.717) is 11.3 Å². The maximum absolute atomic E-state index is 11.4. The first-order chi connectivity index (χ1) is 7.03. The van der Waals surface area contributed by atoms with Crippen molar-refractivity contribution in [2.24, 2.45) is 5.14 Å². The fourth-order valence-electron chi connectivity index (χ4n) is 1.09. The highest BCUT2D eigenvalue weighted by Crippen LogP contribution is 2.33. The predicted octanol–water partition coefficient (Wildman–Crippen LogP) is -0.148. The third-order valence-corrected chi connectivity index (χ3v) is 5.75. The van der Waals surface area contributed by atoms with E-state index in [0.717, 1.165) is 12.3 Å². The molecule has 1 unspecified atom stereocenters. The van der Waals surface area contributed by atoms with Crippen LogP contribution in [0.4, 0.5) is 0 Å². The zero-order valence-electron chi connectivity index (χ0n) is 8.54. The number of sulfonamides is 1. The molecule has 0 amide bonds. The molecule has 1 heterocycles. The second kappa shape index (κ2) is 4.08. The third-order valence-electron chi connectivity index (χ3n) is 1.76. The van der Waals surface area contributed by atoms with Crippen molar-refractivity contribution in [1.29, 1.82) is 0 Å². The summed E-state index contributed by atoms with van der Waals surface area (Å²) in [6.07, 6.45) is -0.126. The molecule has 1 aromatic rings. The van der Waals surface area contributed by atoms with Crippen LogP contribution in [0.5, 0.6) is 0 Å². The minimum absolute atomic E-state index is 0.0755. The van der Waals surface area contributed by atoms with Gasteiger partial charge in [0.25, 0.3) is 0 Å². The lowest BCUT2D eigenvalue weighted by Crippen LogP contribution is -2.10. The number of primary sulfonamides is 1. The van der Waals surface area contributed by atoms with E-state index < -0.39 is 26.0 Å². The van der Waals surface area contributed by atoms with E-state index in [1.807, 2.05) is 0 Å². The van der Waals surface area contributed by atoms with Gasteiger partial charge >= 0.3 is 0 Å². The lowest BCUT2D eigenvalue weighted by atomic mass is 10.3. The van der Waals surface area contributed by atoms with Gasteiger partial charge in [-0.2, -0.15) is 0 Å². The number of thiophene rings is 1. The van der Waals surface area contributed by atoms with Crippen LogP contribution in [0.15, 0.2) is 15.2 Å². The first-order valence-corrected chi connectivity index (χ1v) is 8.33. The number of nitrogens with two attached hydrogens (primary N) is 1. The van der Waals surface area contributed by atoms with Gasteiger partial charge in [-0.1, -0.05) is 0 Å². The third kappa shape index (κ3) is 2.80. The van der Waals surface area contributed by atoms with Crippen molar-refractivity contribution in [2.45, 2.75) is 22.1 Å². The van der Waals surface area contributed by atoms with Gasteiger partial charge in [0.2, 0.25) is 10.0 Å². The van der Waals surface area contributed by atoms with E-state index in [1.54, 1.807) is 0 Å². The predicted molar refractivity (Wildman–Crippen MR) is 59.4 cm³/mol. The lowest BCUT2D eigenvalue weighted by molar-refractivity contribution is 0.200. The smallest absolute Gasteiger partial charge is 0.247 e. The topological polar surface area (TPSA) is 115 Å². The molecule has 0 saturated carbocycles. The molecular formula is C7H11NO5S3. The highest BCUT2D eigenvalue weighted by molar-refractivity contribution is 7.92. The van der Waals surface area contributed by atoms with Crippen LogP contribution in [0.25, 0.3) is 0 Å². The Bertz CT molecular complexity index is 596. The maximum atomic E-state index is 11.4. The fraction of sp³-hybridized carbons (Fsp3) is 0.429. The van der Waals surface area contributed by atoms with E-state index in [-0.39, 0.29) is 14.0 Å². The van der Waals surface area contributed by atoms with Crippen molar-refractivity contribution in [3.8, 4) is 0 Å². The molecule has 6 nitrogen and oxygen atoms in total. The number of aliphatic hydroxyl groups excluding tert-OH is 1. The van der Waals surface area contributed by atoms with Gasteiger partial charge in [-0.15, -0.1) is 11.3 Å². The number of hydrogen-bond acceptors (Lipinski definition) is 6. The minimum atomic E-state index is -3.96. The van der Waals surface area contributed by atoms with Gasteiger partial charge < -0.3 is 5.11 Å². The van der Waals surface area contributed by atoms with Gasteiger partial charge in [0, 0.05) is 6.26 Å². The summed E-state index contributed by atoms with van der Waals surface area (Å²) in [6, 6.07) is 0.970. The Balaban J connectivity index is 3.57. The summed E-state index contributed by atoms with van der Waals surface area (Å²) in [5.74, 6) is 0. The van der Waals surface area contributed by atoms with Crippen LogP contribution in [0, 0.1) is 0 Å². The fourth-order valence-corrected chi connectivity index (χ4v) is 4.42. The molecule has 1 rings (SSSR count). The molecule has 0 spiro atoms. The Hall–Kier alpha value is -0.480. The lowest BCUT2D eigenvalue weighted by Gasteiger charge is -2.03. The summed E-state index contributed by atoms with van der Waals surface area (Å²) in [6.45, 7) is 1.35. The van der Waals surface area contributed by atoms with Crippen LogP contribution in [0.1, 0.15) is 17.9 Å². The first kappa shape index (κ1) is 13.6. The van der Waals surface area contributed by atoms with Crippen molar-refractivity contribution >= 4 is 31.2 Å². The summed E-state index contributed by atoms with van der Waals surface area (Å²) in [5.41, 5.74) is 0. The molecule has 3 N–H and O–H groups in total. The molecule has 92 valence electrons. The molecular weight excluding hydrogens is 274 g/mol. The van der Waals surface area contributed by atoms with Crippen LogP contribution in [-0.4, -0.2) is 28.2 Å². The Morgan fingerprint density at radius 2 is 1.88 bits per heavy atom. The zero-order chi connectivity index (χ0) is 12.7. The van der Waals surface area contributed by atoms with Crippen LogP contribution < -0.4 is 5.14 Å². The molecule has 9 heteroatoms. The number of sulfone groups is 1. The minimum Gasteiger partial charge on any atom is -0.388 e. The van der Waals surface area contributed by atoms with Gasteiger partial charge in [-0.05, 0) is 13.0 Å². The highest BCUT2D eigenvalue weighted by Gasteiger charge is 2.24. The molecule has 0 aliphatic carbocycles. The van der Waals surface area contributed by atoms with Crippen molar-refractivity contribution < 1.29 is 21.9 Å². The van der Waals surface area contributed by atoms with Crippen molar-refractivity contribution in [2.75, 3.05) is 6.26 Å². The first-order valence-electron chi connectivity index (χ1n) is 4.08. The average molecular weight is 285 g/mol. The zero-order valence-corrected chi connectivity index (χ0v) is 11.0. The monoisotopic (exact) mass is 285 g/mol. The average Bonchev–Trinajstić information content (AvgIpc) is 2.44. The maximum Gasteiger partial charge on any atom is 0.247 e. The van der Waals surface area contributed by atoms with Gasteiger partial charge in [0.1, 0.15) is 4.21 Å². The molecule has 1 aromatic heterocycles. The SMILES string of the molecule is CC(O)c1sc(S(N)(=O)=O)cc1S(C)(=O)=O. The molecule has 0 aliphatic rings. The summed E-state index contributed by atoms with van der Waals surface area (Å²) in [7, 11) is -7.54. The van der Waals surface area contributed by atoms with Crippen LogP contribution in [0.2, 0.25) is 0 Å². The molecule has 16 heavy (non-hydrogen) atoms.